The summed E-state index contributed by atoms with van der Waals surface area (Å²) in [4.78, 5) is 10.8. The standard InChI is InChI=1S/C12H21N5/c1-3-14-11-10(13)12(16-8-15-11)17-6-4-5-9(2)7-17/h8-9H,3-7,13H2,1-2H3,(H,14,15,16). The number of rotatable bonds is 3. The number of piperidine rings is 1. The number of nitrogens with one attached hydrogen (secondary N) is 1. The third-order valence-corrected chi connectivity index (χ3v) is 3.16. The summed E-state index contributed by atoms with van der Waals surface area (Å²) in [6.45, 7) is 7.19. The summed E-state index contributed by atoms with van der Waals surface area (Å²) < 4.78 is 0. The first-order chi connectivity index (χ1) is 8.22. The Morgan fingerprint density at radius 2 is 2.35 bits per heavy atom. The van der Waals surface area contributed by atoms with Crippen LogP contribution in [0.5, 0.6) is 0 Å². The van der Waals surface area contributed by atoms with Crippen LogP contribution >= 0.6 is 0 Å². The molecule has 0 radical (unpaired) electrons. The lowest BCUT2D eigenvalue weighted by atomic mass is 10.0. The Labute approximate surface area is 102 Å². The molecule has 0 aliphatic carbocycles. The van der Waals surface area contributed by atoms with Gasteiger partial charge in [-0.3, -0.25) is 0 Å². The highest BCUT2D eigenvalue weighted by Crippen LogP contribution is 2.29. The third kappa shape index (κ3) is 2.60. The fourth-order valence-corrected chi connectivity index (χ4v) is 2.33. The highest BCUT2D eigenvalue weighted by Gasteiger charge is 2.20. The molecule has 1 aliphatic heterocycles. The first kappa shape index (κ1) is 12.0. The Kier molecular flexibility index (Phi) is 3.66. The van der Waals surface area contributed by atoms with Crippen LogP contribution < -0.4 is 16.0 Å². The Morgan fingerprint density at radius 3 is 3.06 bits per heavy atom. The molecule has 2 heterocycles. The van der Waals surface area contributed by atoms with Crippen LogP contribution in [-0.2, 0) is 0 Å². The van der Waals surface area contributed by atoms with Crippen LogP contribution in [-0.4, -0.2) is 29.6 Å². The summed E-state index contributed by atoms with van der Waals surface area (Å²) in [7, 11) is 0. The molecule has 5 heteroatoms. The molecule has 0 saturated carbocycles. The molecule has 1 fully saturated rings. The highest BCUT2D eigenvalue weighted by atomic mass is 15.2. The number of anilines is 3. The van der Waals surface area contributed by atoms with Gasteiger partial charge in [-0.25, -0.2) is 9.97 Å². The monoisotopic (exact) mass is 235 g/mol. The number of hydrogen-bond donors (Lipinski definition) is 2. The van der Waals surface area contributed by atoms with Gasteiger partial charge in [0.15, 0.2) is 11.6 Å². The van der Waals surface area contributed by atoms with Crippen molar-refractivity contribution in [2.24, 2.45) is 5.92 Å². The fourth-order valence-electron chi connectivity index (χ4n) is 2.33. The van der Waals surface area contributed by atoms with E-state index in [1.54, 1.807) is 6.33 Å². The summed E-state index contributed by atoms with van der Waals surface area (Å²) in [6, 6.07) is 0. The molecule has 1 aromatic rings. The van der Waals surface area contributed by atoms with E-state index in [2.05, 4.69) is 27.1 Å². The van der Waals surface area contributed by atoms with Crippen molar-refractivity contribution in [3.8, 4) is 0 Å². The molecule has 94 valence electrons. The second-order valence-corrected chi connectivity index (χ2v) is 4.68. The second-order valence-electron chi connectivity index (χ2n) is 4.68. The largest absolute Gasteiger partial charge is 0.393 e. The van der Waals surface area contributed by atoms with Gasteiger partial charge in [0.2, 0.25) is 0 Å². The predicted octanol–water partition coefficient (Wildman–Crippen LogP) is 1.73. The van der Waals surface area contributed by atoms with Gasteiger partial charge in [-0.2, -0.15) is 0 Å². The average molecular weight is 235 g/mol. The molecule has 1 aliphatic rings. The second kappa shape index (κ2) is 5.21. The normalized spacial score (nSPS) is 20.4. The van der Waals surface area contributed by atoms with Crippen LogP contribution in [0.3, 0.4) is 0 Å². The van der Waals surface area contributed by atoms with Crippen LogP contribution in [0.15, 0.2) is 6.33 Å². The van der Waals surface area contributed by atoms with Crippen molar-refractivity contribution in [3.05, 3.63) is 6.33 Å². The van der Waals surface area contributed by atoms with Gasteiger partial charge in [0.05, 0.1) is 0 Å². The minimum atomic E-state index is 0.670. The number of nitrogens with zero attached hydrogens (tertiary/aromatic N) is 3. The molecule has 1 unspecified atom stereocenters. The van der Waals surface area contributed by atoms with Crippen molar-refractivity contribution >= 4 is 17.3 Å². The summed E-state index contributed by atoms with van der Waals surface area (Å²) in [5.74, 6) is 2.33. The molecule has 1 atom stereocenters. The summed E-state index contributed by atoms with van der Waals surface area (Å²) >= 11 is 0. The van der Waals surface area contributed by atoms with E-state index in [9.17, 15) is 0 Å². The molecule has 1 aromatic heterocycles. The zero-order chi connectivity index (χ0) is 12.3. The zero-order valence-corrected chi connectivity index (χ0v) is 10.6. The van der Waals surface area contributed by atoms with Crippen LogP contribution in [0.25, 0.3) is 0 Å². The lowest BCUT2D eigenvalue weighted by molar-refractivity contribution is 0.445. The summed E-state index contributed by atoms with van der Waals surface area (Å²) in [6.07, 6.45) is 4.09. The van der Waals surface area contributed by atoms with E-state index in [1.165, 1.54) is 12.8 Å². The summed E-state index contributed by atoms with van der Waals surface area (Å²) in [5, 5.41) is 3.16. The maximum atomic E-state index is 6.12. The van der Waals surface area contributed by atoms with Crippen molar-refractivity contribution in [2.75, 3.05) is 35.6 Å². The molecule has 2 rings (SSSR count). The average Bonchev–Trinajstić information content (AvgIpc) is 2.32. The van der Waals surface area contributed by atoms with E-state index in [0.717, 1.165) is 31.3 Å². The van der Waals surface area contributed by atoms with Crippen LogP contribution in [0.1, 0.15) is 26.7 Å². The van der Waals surface area contributed by atoms with Gasteiger partial charge in [0.1, 0.15) is 12.0 Å². The Balaban J connectivity index is 2.22. The number of nitrogens with two attached hydrogens (primary N) is 1. The lowest BCUT2D eigenvalue weighted by Crippen LogP contribution is -2.35. The van der Waals surface area contributed by atoms with Crippen LogP contribution in [0, 0.1) is 5.92 Å². The van der Waals surface area contributed by atoms with Crippen molar-refractivity contribution < 1.29 is 0 Å². The molecule has 17 heavy (non-hydrogen) atoms. The predicted molar refractivity (Wildman–Crippen MR) is 71.2 cm³/mol. The van der Waals surface area contributed by atoms with Gasteiger partial charge in [0.25, 0.3) is 0 Å². The van der Waals surface area contributed by atoms with E-state index in [1.807, 2.05) is 6.92 Å². The molecule has 3 N–H and O–H groups in total. The van der Waals surface area contributed by atoms with Gasteiger partial charge in [0, 0.05) is 19.6 Å². The van der Waals surface area contributed by atoms with Crippen molar-refractivity contribution in [1.82, 2.24) is 9.97 Å². The van der Waals surface area contributed by atoms with Gasteiger partial charge in [-0.05, 0) is 25.7 Å². The third-order valence-electron chi connectivity index (χ3n) is 3.16. The first-order valence-corrected chi connectivity index (χ1v) is 6.31. The van der Waals surface area contributed by atoms with E-state index in [-0.39, 0.29) is 0 Å². The van der Waals surface area contributed by atoms with Crippen LogP contribution in [0.4, 0.5) is 17.3 Å². The topological polar surface area (TPSA) is 67.1 Å². The number of hydrogen-bond acceptors (Lipinski definition) is 5. The number of aromatic nitrogens is 2. The minimum Gasteiger partial charge on any atom is -0.393 e. The van der Waals surface area contributed by atoms with Crippen molar-refractivity contribution in [2.45, 2.75) is 26.7 Å². The number of nitrogen functional groups attached to an aromatic ring is 1. The maximum absolute atomic E-state index is 6.12. The van der Waals surface area contributed by atoms with Crippen molar-refractivity contribution in [3.63, 3.8) is 0 Å². The smallest absolute Gasteiger partial charge is 0.157 e. The Bertz CT molecular complexity index is 379. The van der Waals surface area contributed by atoms with Gasteiger partial charge in [-0.1, -0.05) is 6.92 Å². The Morgan fingerprint density at radius 1 is 1.53 bits per heavy atom. The van der Waals surface area contributed by atoms with E-state index >= 15 is 0 Å². The summed E-state index contributed by atoms with van der Waals surface area (Å²) in [5.41, 5.74) is 6.79. The van der Waals surface area contributed by atoms with E-state index in [0.29, 0.717) is 11.6 Å². The lowest BCUT2D eigenvalue weighted by Gasteiger charge is -2.32. The van der Waals surface area contributed by atoms with Crippen LogP contribution in [0.2, 0.25) is 0 Å². The van der Waals surface area contributed by atoms with Gasteiger partial charge < -0.3 is 16.0 Å². The SMILES string of the molecule is CCNc1ncnc(N2CCCC(C)C2)c1N. The first-order valence-electron chi connectivity index (χ1n) is 6.31. The highest BCUT2D eigenvalue weighted by molar-refractivity contribution is 5.74. The van der Waals surface area contributed by atoms with Gasteiger partial charge >= 0.3 is 0 Å². The van der Waals surface area contributed by atoms with Gasteiger partial charge in [-0.15, -0.1) is 0 Å². The van der Waals surface area contributed by atoms with E-state index < -0.39 is 0 Å². The maximum Gasteiger partial charge on any atom is 0.157 e. The Hall–Kier alpha value is -1.52. The fraction of sp³-hybridized carbons (Fsp3) is 0.667. The molecular formula is C12H21N5. The molecule has 0 aromatic carbocycles. The molecule has 5 nitrogen and oxygen atoms in total. The molecule has 0 spiro atoms. The molecule has 0 amide bonds. The zero-order valence-electron chi connectivity index (χ0n) is 10.6. The van der Waals surface area contributed by atoms with Crippen molar-refractivity contribution in [1.29, 1.82) is 0 Å². The molecule has 0 bridgehead atoms. The molecular weight excluding hydrogens is 214 g/mol. The molecule has 1 saturated heterocycles. The van der Waals surface area contributed by atoms with E-state index in [4.69, 9.17) is 5.73 Å². The quantitative estimate of drug-likeness (QED) is 0.835. The minimum absolute atomic E-state index is 0.670.